The van der Waals surface area contributed by atoms with Crippen molar-refractivity contribution in [2.75, 3.05) is 0 Å². The highest BCUT2D eigenvalue weighted by atomic mass is 14.9. The average Bonchev–Trinajstić information content (AvgIpc) is 2.91. The van der Waals surface area contributed by atoms with Crippen LogP contribution in [0.25, 0.3) is 10.9 Å². The summed E-state index contributed by atoms with van der Waals surface area (Å²) >= 11 is 0. The van der Waals surface area contributed by atoms with E-state index in [-0.39, 0.29) is 0 Å². The topological polar surface area (TPSA) is 24.9 Å². The molecule has 0 saturated heterocycles. The van der Waals surface area contributed by atoms with Crippen LogP contribution in [0.2, 0.25) is 0 Å². The number of nitrogens with one attached hydrogen (secondary N) is 1. The summed E-state index contributed by atoms with van der Waals surface area (Å²) in [6.45, 7) is 0.967. The molecule has 0 fully saturated rings. The third-order valence-electron chi connectivity index (χ3n) is 4.04. The Balaban J connectivity index is 1.65. The Labute approximate surface area is 118 Å². The highest BCUT2D eigenvalue weighted by Gasteiger charge is 2.21. The van der Waals surface area contributed by atoms with E-state index in [0.29, 0.717) is 6.04 Å². The minimum Gasteiger partial charge on any atom is -0.305 e. The molecule has 1 N–H and O–H groups in total. The molecular formula is C18H16N2. The van der Waals surface area contributed by atoms with Crippen LogP contribution in [0.4, 0.5) is 0 Å². The zero-order valence-electron chi connectivity index (χ0n) is 11.2. The van der Waals surface area contributed by atoms with E-state index in [1.807, 2.05) is 6.07 Å². The first-order valence-electron chi connectivity index (χ1n) is 7.06. The molecule has 1 aliphatic heterocycles. The van der Waals surface area contributed by atoms with Crippen molar-refractivity contribution in [2.45, 2.75) is 19.0 Å². The molecule has 20 heavy (non-hydrogen) atoms. The van der Waals surface area contributed by atoms with Crippen molar-refractivity contribution in [2.24, 2.45) is 0 Å². The smallest absolute Gasteiger partial charge is 0.0705 e. The number of hydrogen-bond acceptors (Lipinski definition) is 2. The second kappa shape index (κ2) is 4.73. The molecule has 2 nitrogen and oxygen atoms in total. The normalized spacial score (nSPS) is 17.3. The second-order valence-corrected chi connectivity index (χ2v) is 5.33. The highest BCUT2D eigenvalue weighted by molar-refractivity contribution is 5.78. The van der Waals surface area contributed by atoms with Gasteiger partial charge in [0.1, 0.15) is 0 Å². The Morgan fingerprint density at radius 1 is 0.950 bits per heavy atom. The molecule has 2 heteroatoms. The number of aromatic nitrogens is 1. The van der Waals surface area contributed by atoms with Crippen LogP contribution < -0.4 is 5.32 Å². The first-order chi connectivity index (χ1) is 9.90. The van der Waals surface area contributed by atoms with E-state index in [2.05, 4.69) is 59.9 Å². The zero-order valence-corrected chi connectivity index (χ0v) is 11.2. The van der Waals surface area contributed by atoms with Crippen LogP contribution in [-0.2, 0) is 13.0 Å². The molecule has 1 aromatic heterocycles. The summed E-state index contributed by atoms with van der Waals surface area (Å²) in [4.78, 5) is 4.77. The Hall–Kier alpha value is -2.19. The zero-order chi connectivity index (χ0) is 13.4. The minimum absolute atomic E-state index is 0.389. The Bertz CT molecular complexity index is 764. The van der Waals surface area contributed by atoms with Crippen molar-refractivity contribution in [3.63, 3.8) is 0 Å². The molecule has 2 aromatic carbocycles. The van der Waals surface area contributed by atoms with E-state index in [1.165, 1.54) is 16.5 Å². The van der Waals surface area contributed by atoms with Crippen molar-refractivity contribution in [1.82, 2.24) is 10.3 Å². The first kappa shape index (κ1) is 11.6. The van der Waals surface area contributed by atoms with Crippen LogP contribution in [0.3, 0.4) is 0 Å². The standard InChI is InChI=1S/C18H16N2/c1-3-7-16-14(6-1)12-19-18(16)11-15-10-9-13-5-2-4-8-17(13)20-15/h1-10,18-19H,11-12H2. The van der Waals surface area contributed by atoms with Gasteiger partial charge in [0.15, 0.2) is 0 Å². The highest BCUT2D eigenvalue weighted by Crippen LogP contribution is 2.27. The molecule has 0 bridgehead atoms. The lowest BCUT2D eigenvalue weighted by Crippen LogP contribution is -2.15. The Kier molecular flexibility index (Phi) is 2.75. The molecule has 0 amide bonds. The fourth-order valence-electron chi connectivity index (χ4n) is 2.99. The summed E-state index contributed by atoms with van der Waals surface area (Å²) in [6, 6.07) is 21.6. The third-order valence-corrected chi connectivity index (χ3v) is 4.04. The molecule has 0 spiro atoms. The number of pyridine rings is 1. The molecule has 0 saturated carbocycles. The number of para-hydroxylation sites is 1. The van der Waals surface area contributed by atoms with Crippen LogP contribution in [0.15, 0.2) is 60.7 Å². The van der Waals surface area contributed by atoms with Crippen molar-refractivity contribution < 1.29 is 0 Å². The van der Waals surface area contributed by atoms with E-state index in [1.54, 1.807) is 0 Å². The summed E-state index contributed by atoms with van der Waals surface area (Å²) in [5.74, 6) is 0. The molecule has 1 unspecified atom stereocenters. The molecule has 1 aliphatic rings. The molecule has 2 heterocycles. The molecule has 98 valence electrons. The summed E-state index contributed by atoms with van der Waals surface area (Å²) in [7, 11) is 0. The lowest BCUT2D eigenvalue weighted by molar-refractivity contribution is 0.575. The predicted molar refractivity (Wildman–Crippen MR) is 81.5 cm³/mol. The van der Waals surface area contributed by atoms with Gasteiger partial charge in [-0.1, -0.05) is 48.5 Å². The molecule has 1 atom stereocenters. The van der Waals surface area contributed by atoms with Gasteiger partial charge in [-0.05, 0) is 23.3 Å². The number of fused-ring (bicyclic) bond motifs is 2. The van der Waals surface area contributed by atoms with Gasteiger partial charge < -0.3 is 5.32 Å². The van der Waals surface area contributed by atoms with Gasteiger partial charge in [0.05, 0.1) is 5.52 Å². The maximum atomic E-state index is 4.77. The molecule has 0 aliphatic carbocycles. The number of nitrogens with zero attached hydrogens (tertiary/aromatic N) is 1. The van der Waals surface area contributed by atoms with Gasteiger partial charge in [-0.3, -0.25) is 4.98 Å². The summed E-state index contributed by atoms with van der Waals surface area (Å²) < 4.78 is 0. The van der Waals surface area contributed by atoms with Crippen LogP contribution >= 0.6 is 0 Å². The van der Waals surface area contributed by atoms with Gasteiger partial charge in [0, 0.05) is 30.1 Å². The molecular weight excluding hydrogens is 244 g/mol. The molecule has 0 radical (unpaired) electrons. The second-order valence-electron chi connectivity index (χ2n) is 5.33. The van der Waals surface area contributed by atoms with Crippen LogP contribution in [0, 0.1) is 0 Å². The van der Waals surface area contributed by atoms with Crippen molar-refractivity contribution in [3.05, 3.63) is 77.5 Å². The van der Waals surface area contributed by atoms with Gasteiger partial charge >= 0.3 is 0 Å². The fourth-order valence-corrected chi connectivity index (χ4v) is 2.99. The Morgan fingerprint density at radius 3 is 2.80 bits per heavy atom. The maximum absolute atomic E-state index is 4.77. The third kappa shape index (κ3) is 1.98. The molecule has 4 rings (SSSR count). The SMILES string of the molecule is c1ccc2c(c1)CNC2Cc1ccc2ccccc2n1. The summed E-state index contributed by atoms with van der Waals surface area (Å²) in [5, 5.41) is 4.78. The largest absolute Gasteiger partial charge is 0.305 e. The van der Waals surface area contributed by atoms with Gasteiger partial charge in [0.25, 0.3) is 0 Å². The summed E-state index contributed by atoms with van der Waals surface area (Å²) in [6.07, 6.45) is 0.946. The van der Waals surface area contributed by atoms with Crippen LogP contribution in [0.5, 0.6) is 0 Å². The van der Waals surface area contributed by atoms with E-state index >= 15 is 0 Å². The number of hydrogen-bond donors (Lipinski definition) is 1. The van der Waals surface area contributed by atoms with Gasteiger partial charge in [-0.25, -0.2) is 0 Å². The number of rotatable bonds is 2. The first-order valence-corrected chi connectivity index (χ1v) is 7.06. The van der Waals surface area contributed by atoms with Crippen molar-refractivity contribution in [3.8, 4) is 0 Å². The van der Waals surface area contributed by atoms with Gasteiger partial charge in [-0.2, -0.15) is 0 Å². The van der Waals surface area contributed by atoms with Gasteiger partial charge in [0.2, 0.25) is 0 Å². The quantitative estimate of drug-likeness (QED) is 0.761. The lowest BCUT2D eigenvalue weighted by Gasteiger charge is -2.12. The van der Waals surface area contributed by atoms with E-state index < -0.39 is 0 Å². The predicted octanol–water partition coefficient (Wildman–Crippen LogP) is 3.62. The van der Waals surface area contributed by atoms with E-state index in [9.17, 15) is 0 Å². The van der Waals surface area contributed by atoms with E-state index in [4.69, 9.17) is 4.98 Å². The Morgan fingerprint density at radius 2 is 1.80 bits per heavy atom. The monoisotopic (exact) mass is 260 g/mol. The van der Waals surface area contributed by atoms with Crippen LogP contribution in [-0.4, -0.2) is 4.98 Å². The van der Waals surface area contributed by atoms with Crippen LogP contribution in [0.1, 0.15) is 22.9 Å². The molecule has 3 aromatic rings. The number of benzene rings is 2. The lowest BCUT2D eigenvalue weighted by atomic mass is 10.0. The van der Waals surface area contributed by atoms with Gasteiger partial charge in [-0.15, -0.1) is 0 Å². The fraction of sp³-hybridized carbons (Fsp3) is 0.167. The summed E-state index contributed by atoms with van der Waals surface area (Å²) in [5.41, 5.74) is 5.06. The average molecular weight is 260 g/mol. The van der Waals surface area contributed by atoms with E-state index in [0.717, 1.165) is 24.2 Å². The maximum Gasteiger partial charge on any atom is 0.0705 e. The minimum atomic E-state index is 0.389. The van der Waals surface area contributed by atoms with Crippen molar-refractivity contribution in [1.29, 1.82) is 0 Å². The van der Waals surface area contributed by atoms with Crippen molar-refractivity contribution >= 4 is 10.9 Å².